The van der Waals surface area contributed by atoms with E-state index in [1.165, 1.54) is 23.8 Å². The fourth-order valence-corrected chi connectivity index (χ4v) is 5.29. The van der Waals surface area contributed by atoms with Crippen LogP contribution < -0.4 is 10.2 Å². The molecule has 146 valence electrons. The second-order valence-electron chi connectivity index (χ2n) is 5.70. The van der Waals surface area contributed by atoms with Crippen molar-refractivity contribution in [3.8, 4) is 11.5 Å². The first kappa shape index (κ1) is 20.0. The predicted octanol–water partition coefficient (Wildman–Crippen LogP) is 3.31. The van der Waals surface area contributed by atoms with E-state index >= 15 is 0 Å². The van der Waals surface area contributed by atoms with Crippen LogP contribution in [0.5, 0.6) is 11.5 Å². The van der Waals surface area contributed by atoms with E-state index in [1.54, 1.807) is 0 Å². The van der Waals surface area contributed by atoms with Crippen molar-refractivity contribution in [2.24, 2.45) is 5.10 Å². The first-order valence-corrected chi connectivity index (χ1v) is 10.4. The molecule has 0 atom stereocenters. The zero-order valence-corrected chi connectivity index (χ0v) is 16.2. The number of ether oxygens (including phenoxy) is 1. The fourth-order valence-electron chi connectivity index (χ4n) is 2.43. The fraction of sp³-hybridized carbons (Fsp3) is 0.222. The third kappa shape index (κ3) is 5.17. The van der Waals surface area contributed by atoms with E-state index in [-0.39, 0.29) is 12.2 Å². The Balaban J connectivity index is 1.49. The lowest BCUT2D eigenvalue weighted by Crippen LogP contribution is -2.24. The Bertz CT molecular complexity index is 883. The van der Waals surface area contributed by atoms with E-state index in [0.29, 0.717) is 10.3 Å². The van der Waals surface area contributed by atoms with Crippen molar-refractivity contribution in [2.75, 3.05) is 18.1 Å². The summed E-state index contributed by atoms with van der Waals surface area (Å²) >= 11 is 3.83. The first-order chi connectivity index (χ1) is 13.5. The van der Waals surface area contributed by atoms with Crippen molar-refractivity contribution in [2.45, 2.75) is 4.58 Å². The Morgan fingerprint density at radius 2 is 2.00 bits per heavy atom. The van der Waals surface area contributed by atoms with Crippen molar-refractivity contribution >= 4 is 41.3 Å². The Kier molecular flexibility index (Phi) is 6.77. The maximum absolute atomic E-state index is 11.8. The average Bonchev–Trinajstić information content (AvgIpc) is 3.23. The molecule has 1 amide bonds. The summed E-state index contributed by atoms with van der Waals surface area (Å²) in [6, 6.07) is 11.7. The highest BCUT2D eigenvalue weighted by molar-refractivity contribution is 8.19. The Morgan fingerprint density at radius 3 is 2.68 bits per heavy atom. The van der Waals surface area contributed by atoms with Crippen LogP contribution in [0.15, 0.2) is 47.6 Å². The molecular formula is C18H17N3O5S2. The summed E-state index contributed by atoms with van der Waals surface area (Å²) in [7, 11) is 0. The molecule has 1 saturated heterocycles. The van der Waals surface area contributed by atoms with E-state index in [1.807, 2.05) is 47.8 Å². The van der Waals surface area contributed by atoms with Crippen LogP contribution in [0.4, 0.5) is 5.69 Å². The molecule has 1 aliphatic heterocycles. The number of hydrogen-bond acceptors (Lipinski definition) is 8. The lowest BCUT2D eigenvalue weighted by Gasteiger charge is -2.10. The van der Waals surface area contributed by atoms with Gasteiger partial charge in [-0.05, 0) is 23.8 Å². The molecule has 28 heavy (non-hydrogen) atoms. The van der Waals surface area contributed by atoms with E-state index in [0.717, 1.165) is 17.7 Å². The van der Waals surface area contributed by atoms with Crippen molar-refractivity contribution in [1.82, 2.24) is 5.43 Å². The summed E-state index contributed by atoms with van der Waals surface area (Å²) in [5.41, 5.74) is 3.16. The molecule has 2 aromatic rings. The van der Waals surface area contributed by atoms with Gasteiger partial charge >= 0.3 is 5.69 Å². The van der Waals surface area contributed by atoms with Crippen molar-refractivity contribution in [3.05, 3.63) is 63.7 Å². The molecule has 2 N–H and O–H groups in total. The van der Waals surface area contributed by atoms with Crippen LogP contribution in [0.2, 0.25) is 0 Å². The molecule has 8 nitrogen and oxygen atoms in total. The van der Waals surface area contributed by atoms with Gasteiger partial charge in [-0.3, -0.25) is 14.9 Å². The number of amides is 1. The van der Waals surface area contributed by atoms with Gasteiger partial charge in [0.2, 0.25) is 5.75 Å². The number of para-hydroxylation sites is 1. The number of nitro groups is 1. The summed E-state index contributed by atoms with van der Waals surface area (Å²) in [4.78, 5) is 21.9. The van der Waals surface area contributed by atoms with Gasteiger partial charge in [-0.15, -0.1) is 23.5 Å². The number of carbonyl (C=O) groups excluding carboxylic acids is 1. The smallest absolute Gasteiger partial charge is 0.311 e. The molecule has 0 saturated carbocycles. The predicted molar refractivity (Wildman–Crippen MR) is 110 cm³/mol. The van der Waals surface area contributed by atoms with Crippen LogP contribution in [0.3, 0.4) is 0 Å². The molecule has 0 bridgehead atoms. The number of rotatable bonds is 7. The van der Waals surface area contributed by atoms with E-state index in [4.69, 9.17) is 4.74 Å². The van der Waals surface area contributed by atoms with Gasteiger partial charge in [0.1, 0.15) is 5.75 Å². The van der Waals surface area contributed by atoms with Crippen LogP contribution in [-0.4, -0.2) is 40.3 Å². The lowest BCUT2D eigenvalue weighted by molar-refractivity contribution is -0.385. The topological polar surface area (TPSA) is 114 Å². The van der Waals surface area contributed by atoms with Gasteiger partial charge in [0.05, 0.1) is 15.7 Å². The second kappa shape index (κ2) is 9.47. The van der Waals surface area contributed by atoms with E-state index in [9.17, 15) is 20.0 Å². The lowest BCUT2D eigenvalue weighted by atomic mass is 10.2. The molecule has 0 unspecified atom stereocenters. The zero-order chi connectivity index (χ0) is 19.9. The highest BCUT2D eigenvalue weighted by atomic mass is 32.2. The maximum atomic E-state index is 11.8. The van der Waals surface area contributed by atoms with Gasteiger partial charge in [-0.2, -0.15) is 5.10 Å². The number of aromatic hydroxyl groups is 1. The number of thioether (sulfide) groups is 2. The van der Waals surface area contributed by atoms with Crippen LogP contribution >= 0.6 is 23.5 Å². The average molecular weight is 419 g/mol. The number of nitrogens with one attached hydrogen (secondary N) is 1. The van der Waals surface area contributed by atoms with Gasteiger partial charge in [0.15, 0.2) is 6.61 Å². The van der Waals surface area contributed by atoms with Gasteiger partial charge in [0.25, 0.3) is 5.91 Å². The number of carbonyl (C=O) groups is 1. The Morgan fingerprint density at radius 1 is 1.29 bits per heavy atom. The van der Waals surface area contributed by atoms with Crippen LogP contribution in [0.1, 0.15) is 15.7 Å². The maximum Gasteiger partial charge on any atom is 0.311 e. The molecule has 0 aliphatic carbocycles. The van der Waals surface area contributed by atoms with Crippen LogP contribution in [0.25, 0.3) is 0 Å². The summed E-state index contributed by atoms with van der Waals surface area (Å²) in [6.45, 7) is -0.232. The van der Waals surface area contributed by atoms with Gasteiger partial charge in [-0.1, -0.05) is 18.2 Å². The summed E-state index contributed by atoms with van der Waals surface area (Å²) in [5.74, 6) is 1.88. The van der Waals surface area contributed by atoms with Crippen molar-refractivity contribution in [1.29, 1.82) is 0 Å². The first-order valence-electron chi connectivity index (χ1n) is 8.29. The number of nitro benzene ring substituents is 1. The SMILES string of the molecule is O=C(COc1ccc(C2SCCS2)cc1)N/N=C\c1cccc([N+](=O)[O-])c1O. The molecule has 0 radical (unpaired) electrons. The monoisotopic (exact) mass is 419 g/mol. The standard InChI is InChI=1S/C18H17N3O5S2/c22-16(20-19-10-13-2-1-3-15(17(13)23)21(24)25)11-26-14-6-4-12(5-7-14)18-27-8-9-28-18/h1-7,10,18,23H,8-9,11H2,(H,20,22)/b19-10-. The van der Waals surface area contributed by atoms with Gasteiger partial charge in [-0.25, -0.2) is 5.43 Å². The number of hydrazone groups is 1. The van der Waals surface area contributed by atoms with Gasteiger partial charge in [0, 0.05) is 23.1 Å². The minimum Gasteiger partial charge on any atom is -0.502 e. The molecule has 2 aromatic carbocycles. The van der Waals surface area contributed by atoms with Crippen molar-refractivity contribution < 1.29 is 19.6 Å². The molecule has 3 rings (SSSR count). The largest absolute Gasteiger partial charge is 0.502 e. The van der Waals surface area contributed by atoms with Crippen LogP contribution in [0, 0.1) is 10.1 Å². The molecule has 1 heterocycles. The van der Waals surface area contributed by atoms with Gasteiger partial charge < -0.3 is 9.84 Å². The number of phenols is 1. The summed E-state index contributed by atoms with van der Waals surface area (Å²) in [6.07, 6.45) is 1.13. The second-order valence-corrected chi connectivity index (χ2v) is 8.42. The Hall–Kier alpha value is -2.72. The zero-order valence-electron chi connectivity index (χ0n) is 14.6. The summed E-state index contributed by atoms with van der Waals surface area (Å²) < 4.78 is 5.88. The number of phenolic OH excluding ortho intramolecular Hbond substituents is 1. The third-order valence-corrected chi connectivity index (χ3v) is 6.88. The molecular weight excluding hydrogens is 402 g/mol. The minimum atomic E-state index is -0.700. The number of hydrogen-bond donors (Lipinski definition) is 2. The van der Waals surface area contributed by atoms with E-state index < -0.39 is 22.3 Å². The highest BCUT2D eigenvalue weighted by Crippen LogP contribution is 2.45. The molecule has 1 fully saturated rings. The molecule has 0 spiro atoms. The number of nitrogens with zero attached hydrogens (tertiary/aromatic N) is 2. The van der Waals surface area contributed by atoms with E-state index in [2.05, 4.69) is 10.5 Å². The molecule has 10 heteroatoms. The molecule has 0 aromatic heterocycles. The highest BCUT2D eigenvalue weighted by Gasteiger charge is 2.18. The Labute approximate surface area is 169 Å². The normalized spacial score (nSPS) is 14.3. The van der Waals surface area contributed by atoms with Crippen molar-refractivity contribution in [3.63, 3.8) is 0 Å². The minimum absolute atomic E-state index is 0.119. The van der Waals surface area contributed by atoms with Crippen LogP contribution in [-0.2, 0) is 4.79 Å². The summed E-state index contributed by atoms with van der Waals surface area (Å²) in [5, 5.41) is 24.3. The molecule has 1 aliphatic rings. The third-order valence-electron chi connectivity index (χ3n) is 3.78. The quantitative estimate of drug-likeness (QED) is 0.402. The number of benzene rings is 2.